The van der Waals surface area contributed by atoms with Crippen LogP contribution in [0.4, 0.5) is 10.5 Å². The van der Waals surface area contributed by atoms with E-state index in [1.54, 1.807) is 18.3 Å². The molecular formula is C8H10Cl2N2O2. The number of hydrogen-bond acceptors (Lipinski definition) is 3. The highest BCUT2D eigenvalue weighted by Gasteiger charge is 2.00. The van der Waals surface area contributed by atoms with E-state index in [1.165, 1.54) is 6.20 Å². The highest BCUT2D eigenvalue weighted by Crippen LogP contribution is 2.02. The van der Waals surface area contributed by atoms with E-state index in [2.05, 4.69) is 15.0 Å². The predicted octanol–water partition coefficient (Wildman–Crippen LogP) is 2.29. The van der Waals surface area contributed by atoms with Gasteiger partial charge in [-0.25, -0.2) is 4.79 Å². The molecule has 1 heterocycles. The molecular weight excluding hydrogens is 227 g/mol. The molecule has 0 saturated carbocycles. The van der Waals surface area contributed by atoms with Gasteiger partial charge in [0.15, 0.2) is 0 Å². The molecule has 78 valence electrons. The van der Waals surface area contributed by atoms with Crippen molar-refractivity contribution >= 4 is 35.8 Å². The summed E-state index contributed by atoms with van der Waals surface area (Å²) >= 11 is 5.33. The van der Waals surface area contributed by atoms with Crippen LogP contribution in [-0.2, 0) is 4.74 Å². The number of alkyl halides is 1. The Balaban J connectivity index is 0.00000169. The van der Waals surface area contributed by atoms with Crippen molar-refractivity contribution in [3.8, 4) is 0 Å². The lowest BCUT2D eigenvalue weighted by Crippen LogP contribution is -2.14. The second-order valence-corrected chi connectivity index (χ2v) is 2.57. The zero-order valence-electron chi connectivity index (χ0n) is 7.27. The van der Waals surface area contributed by atoms with Crippen LogP contribution in [0.2, 0.25) is 0 Å². The topological polar surface area (TPSA) is 51.2 Å². The molecule has 0 aromatic carbocycles. The van der Waals surface area contributed by atoms with Gasteiger partial charge < -0.3 is 4.74 Å². The monoisotopic (exact) mass is 236 g/mol. The van der Waals surface area contributed by atoms with Gasteiger partial charge >= 0.3 is 6.09 Å². The van der Waals surface area contributed by atoms with E-state index < -0.39 is 6.09 Å². The maximum Gasteiger partial charge on any atom is 0.411 e. The van der Waals surface area contributed by atoms with E-state index in [1.807, 2.05) is 0 Å². The Morgan fingerprint density at radius 1 is 1.64 bits per heavy atom. The van der Waals surface area contributed by atoms with E-state index in [0.29, 0.717) is 11.6 Å². The van der Waals surface area contributed by atoms with Crippen LogP contribution in [0.1, 0.15) is 0 Å². The lowest BCUT2D eigenvalue weighted by atomic mass is 10.4. The van der Waals surface area contributed by atoms with Crippen LogP contribution < -0.4 is 5.32 Å². The number of amides is 1. The van der Waals surface area contributed by atoms with Crippen molar-refractivity contribution in [2.75, 3.05) is 17.8 Å². The van der Waals surface area contributed by atoms with E-state index >= 15 is 0 Å². The van der Waals surface area contributed by atoms with Crippen molar-refractivity contribution in [1.82, 2.24) is 4.98 Å². The third-order valence-electron chi connectivity index (χ3n) is 1.22. The highest BCUT2D eigenvalue weighted by molar-refractivity contribution is 6.18. The molecule has 0 radical (unpaired) electrons. The lowest BCUT2D eigenvalue weighted by Gasteiger charge is -2.03. The summed E-state index contributed by atoms with van der Waals surface area (Å²) in [6.07, 6.45) is 2.63. The summed E-state index contributed by atoms with van der Waals surface area (Å²) in [5.41, 5.74) is 0.599. The first-order valence-corrected chi connectivity index (χ1v) is 4.26. The van der Waals surface area contributed by atoms with Crippen molar-refractivity contribution in [2.45, 2.75) is 0 Å². The maximum atomic E-state index is 11.0. The molecule has 1 N–H and O–H groups in total. The van der Waals surface area contributed by atoms with Gasteiger partial charge in [-0.3, -0.25) is 10.3 Å². The number of halogens is 2. The van der Waals surface area contributed by atoms with E-state index in [4.69, 9.17) is 11.6 Å². The molecule has 0 saturated heterocycles. The summed E-state index contributed by atoms with van der Waals surface area (Å²) in [7, 11) is 0. The summed E-state index contributed by atoms with van der Waals surface area (Å²) in [6, 6.07) is 3.44. The number of ether oxygens (including phenoxy) is 1. The predicted molar refractivity (Wildman–Crippen MR) is 57.2 cm³/mol. The van der Waals surface area contributed by atoms with Gasteiger partial charge in [-0.05, 0) is 12.1 Å². The average Bonchev–Trinajstić information content (AvgIpc) is 2.16. The molecule has 0 unspecified atom stereocenters. The van der Waals surface area contributed by atoms with E-state index in [9.17, 15) is 4.79 Å². The zero-order valence-corrected chi connectivity index (χ0v) is 8.85. The number of hydrogen-bond donors (Lipinski definition) is 1. The average molecular weight is 237 g/mol. The fraction of sp³-hybridized carbons (Fsp3) is 0.250. The molecule has 0 aliphatic heterocycles. The first-order chi connectivity index (χ1) is 6.33. The molecule has 0 spiro atoms. The minimum absolute atomic E-state index is 0. The Morgan fingerprint density at radius 2 is 2.43 bits per heavy atom. The van der Waals surface area contributed by atoms with Crippen molar-refractivity contribution in [3.63, 3.8) is 0 Å². The van der Waals surface area contributed by atoms with Crippen molar-refractivity contribution in [3.05, 3.63) is 24.5 Å². The second-order valence-electron chi connectivity index (χ2n) is 2.19. The molecule has 1 aromatic rings. The SMILES string of the molecule is Cl.O=C(Nc1cccnc1)OCCCl. The first kappa shape index (κ1) is 13.0. The third-order valence-corrected chi connectivity index (χ3v) is 1.37. The summed E-state index contributed by atoms with van der Waals surface area (Å²) in [4.78, 5) is 14.8. The number of nitrogens with zero attached hydrogens (tertiary/aromatic N) is 1. The van der Waals surface area contributed by atoms with Gasteiger partial charge in [-0.15, -0.1) is 24.0 Å². The van der Waals surface area contributed by atoms with Gasteiger partial charge in [0.2, 0.25) is 0 Å². The number of aromatic nitrogens is 1. The normalized spacial score (nSPS) is 8.64. The zero-order chi connectivity index (χ0) is 9.52. The quantitative estimate of drug-likeness (QED) is 0.820. The lowest BCUT2D eigenvalue weighted by molar-refractivity contribution is 0.168. The molecule has 14 heavy (non-hydrogen) atoms. The minimum atomic E-state index is -0.520. The van der Waals surface area contributed by atoms with Crippen LogP contribution in [0.15, 0.2) is 24.5 Å². The Bertz CT molecular complexity index is 269. The number of rotatable bonds is 3. The fourth-order valence-electron chi connectivity index (χ4n) is 0.722. The van der Waals surface area contributed by atoms with Gasteiger partial charge in [0, 0.05) is 6.20 Å². The highest BCUT2D eigenvalue weighted by atomic mass is 35.5. The molecule has 1 rings (SSSR count). The van der Waals surface area contributed by atoms with Gasteiger partial charge in [0.25, 0.3) is 0 Å². The number of nitrogens with one attached hydrogen (secondary N) is 1. The van der Waals surface area contributed by atoms with Crippen LogP contribution in [0.5, 0.6) is 0 Å². The molecule has 0 bridgehead atoms. The van der Waals surface area contributed by atoms with Gasteiger partial charge in [0.05, 0.1) is 17.8 Å². The minimum Gasteiger partial charge on any atom is -0.448 e. The Hall–Kier alpha value is -1.000. The van der Waals surface area contributed by atoms with Gasteiger partial charge in [-0.1, -0.05) is 0 Å². The summed E-state index contributed by atoms with van der Waals surface area (Å²) < 4.78 is 4.69. The Labute approximate surface area is 93.0 Å². The molecule has 0 aliphatic rings. The van der Waals surface area contributed by atoms with Crippen LogP contribution in [0.25, 0.3) is 0 Å². The molecule has 0 fully saturated rings. The summed E-state index contributed by atoms with van der Waals surface area (Å²) in [5.74, 6) is 0.292. The molecule has 1 amide bonds. The van der Waals surface area contributed by atoms with Gasteiger partial charge in [0.1, 0.15) is 6.61 Å². The van der Waals surface area contributed by atoms with E-state index in [0.717, 1.165) is 0 Å². The molecule has 6 heteroatoms. The van der Waals surface area contributed by atoms with Crippen LogP contribution in [0, 0.1) is 0 Å². The number of carbonyl (C=O) groups excluding carboxylic acids is 1. The number of pyridine rings is 1. The van der Waals surface area contributed by atoms with E-state index in [-0.39, 0.29) is 19.0 Å². The van der Waals surface area contributed by atoms with Crippen LogP contribution in [-0.4, -0.2) is 23.6 Å². The largest absolute Gasteiger partial charge is 0.448 e. The number of carbonyl (C=O) groups is 1. The first-order valence-electron chi connectivity index (χ1n) is 3.72. The number of anilines is 1. The Morgan fingerprint density at radius 3 is 3.00 bits per heavy atom. The summed E-state index contributed by atoms with van der Waals surface area (Å²) in [5, 5.41) is 2.49. The van der Waals surface area contributed by atoms with Gasteiger partial charge in [-0.2, -0.15) is 0 Å². The third kappa shape index (κ3) is 4.89. The van der Waals surface area contributed by atoms with Crippen molar-refractivity contribution < 1.29 is 9.53 Å². The fourth-order valence-corrected chi connectivity index (χ4v) is 0.799. The molecule has 0 aliphatic carbocycles. The maximum absolute atomic E-state index is 11.0. The standard InChI is InChI=1S/C8H9ClN2O2.ClH/c9-3-5-13-8(12)11-7-2-1-4-10-6-7;/h1-2,4,6H,3,5H2,(H,11,12);1H. The van der Waals surface area contributed by atoms with Crippen molar-refractivity contribution in [2.24, 2.45) is 0 Å². The smallest absolute Gasteiger partial charge is 0.411 e. The Kier molecular flexibility index (Phi) is 6.88. The van der Waals surface area contributed by atoms with Crippen LogP contribution >= 0.6 is 24.0 Å². The molecule has 0 atom stereocenters. The second kappa shape index (κ2) is 7.41. The molecule has 4 nitrogen and oxygen atoms in total. The molecule has 1 aromatic heterocycles. The van der Waals surface area contributed by atoms with Crippen LogP contribution in [0.3, 0.4) is 0 Å². The summed E-state index contributed by atoms with van der Waals surface area (Å²) in [6.45, 7) is 0.202. The van der Waals surface area contributed by atoms with Crippen molar-refractivity contribution in [1.29, 1.82) is 0 Å².